The number of carbonyl (C=O) groups is 1. The molecule has 1 saturated carbocycles. The molecule has 3 aliphatic rings. The van der Waals surface area contributed by atoms with Gasteiger partial charge in [-0.1, -0.05) is 0 Å². The Balaban J connectivity index is 1.49. The minimum atomic E-state index is -3.24. The number of carbonyl (C=O) groups excluding carboxylic acids is 1. The van der Waals surface area contributed by atoms with Crippen molar-refractivity contribution in [2.24, 2.45) is 17.8 Å². The van der Waals surface area contributed by atoms with Crippen molar-refractivity contribution >= 4 is 15.9 Å². The van der Waals surface area contributed by atoms with Crippen molar-refractivity contribution < 1.29 is 26.7 Å². The van der Waals surface area contributed by atoms with Gasteiger partial charge in [0.25, 0.3) is 0 Å². The van der Waals surface area contributed by atoms with Crippen LogP contribution in [0.4, 0.5) is 8.78 Å². The molecule has 2 heterocycles. The number of alkyl halides is 2. The van der Waals surface area contributed by atoms with Crippen LogP contribution in [0.5, 0.6) is 0 Å². The maximum absolute atomic E-state index is 12.8. The fraction of sp³-hybridized carbons (Fsp3) is 0.923. The van der Waals surface area contributed by atoms with Gasteiger partial charge in [0.1, 0.15) is 0 Å². The predicted octanol–water partition coefficient (Wildman–Crippen LogP) is 0.0543. The van der Waals surface area contributed by atoms with Gasteiger partial charge in [-0.25, -0.2) is 17.2 Å². The molecule has 0 spiro atoms. The second-order valence-electron chi connectivity index (χ2n) is 6.58. The monoisotopic (exact) mass is 338 g/mol. The van der Waals surface area contributed by atoms with Crippen molar-refractivity contribution in [1.82, 2.24) is 9.62 Å². The zero-order valence-corrected chi connectivity index (χ0v) is 13.1. The van der Waals surface area contributed by atoms with Crippen molar-refractivity contribution in [2.45, 2.75) is 24.9 Å². The summed E-state index contributed by atoms with van der Waals surface area (Å²) in [6.45, 7) is 1.56. The summed E-state index contributed by atoms with van der Waals surface area (Å²) in [6, 6.07) is 0. The number of ether oxygens (including phenoxy) is 1. The Bertz CT molecular complexity index is 560. The molecule has 3 fully saturated rings. The van der Waals surface area contributed by atoms with Gasteiger partial charge in [0, 0.05) is 50.2 Å². The molecule has 0 unspecified atom stereocenters. The lowest BCUT2D eigenvalue weighted by Crippen LogP contribution is -2.46. The van der Waals surface area contributed by atoms with Crippen molar-refractivity contribution in [3.8, 4) is 0 Å². The molecule has 126 valence electrons. The fourth-order valence-corrected chi connectivity index (χ4v) is 4.33. The van der Waals surface area contributed by atoms with Gasteiger partial charge in [-0.05, 0) is 0 Å². The Morgan fingerprint density at radius 3 is 2.64 bits per heavy atom. The zero-order valence-electron chi connectivity index (χ0n) is 12.3. The summed E-state index contributed by atoms with van der Waals surface area (Å²) in [5.41, 5.74) is 0. The maximum Gasteiger partial charge on any atom is 0.249 e. The average Bonchev–Trinajstić information content (AvgIpc) is 2.92. The number of halogens is 2. The third-order valence-electron chi connectivity index (χ3n) is 4.87. The highest BCUT2D eigenvalue weighted by atomic mass is 32.2. The average molecular weight is 338 g/mol. The number of nitrogens with zero attached hydrogens (tertiary/aromatic N) is 1. The minimum absolute atomic E-state index is 0.0290. The molecule has 3 atom stereocenters. The summed E-state index contributed by atoms with van der Waals surface area (Å²) in [5.74, 6) is -3.57. The molecule has 9 heteroatoms. The topological polar surface area (TPSA) is 75.7 Å². The highest BCUT2D eigenvalue weighted by Crippen LogP contribution is 2.42. The Morgan fingerprint density at radius 1 is 1.36 bits per heavy atom. The van der Waals surface area contributed by atoms with Gasteiger partial charge in [-0.2, -0.15) is 4.31 Å². The largest absolute Gasteiger partial charge is 0.376 e. The molecule has 0 aromatic carbocycles. The van der Waals surface area contributed by atoms with Crippen molar-refractivity contribution in [3.63, 3.8) is 0 Å². The van der Waals surface area contributed by atoms with Crippen LogP contribution in [0.1, 0.15) is 12.8 Å². The molecular formula is C13H20F2N2O4S. The van der Waals surface area contributed by atoms with E-state index >= 15 is 0 Å². The minimum Gasteiger partial charge on any atom is -0.376 e. The van der Waals surface area contributed by atoms with E-state index in [9.17, 15) is 22.0 Å². The molecule has 2 aliphatic heterocycles. The smallest absolute Gasteiger partial charge is 0.249 e. The first-order valence-electron chi connectivity index (χ1n) is 7.38. The van der Waals surface area contributed by atoms with E-state index in [0.717, 1.165) is 0 Å². The molecule has 0 bridgehead atoms. The normalized spacial score (nSPS) is 35.1. The van der Waals surface area contributed by atoms with E-state index in [-0.39, 0.29) is 36.7 Å². The summed E-state index contributed by atoms with van der Waals surface area (Å²) >= 11 is 0. The Morgan fingerprint density at radius 2 is 2.05 bits per heavy atom. The molecule has 22 heavy (non-hydrogen) atoms. The van der Waals surface area contributed by atoms with Crippen LogP contribution in [-0.2, 0) is 19.6 Å². The second kappa shape index (κ2) is 5.38. The van der Waals surface area contributed by atoms with Gasteiger partial charge in [-0.3, -0.25) is 4.79 Å². The van der Waals surface area contributed by atoms with E-state index in [1.807, 2.05) is 0 Å². The van der Waals surface area contributed by atoms with Crippen LogP contribution in [0.2, 0.25) is 0 Å². The van der Waals surface area contributed by atoms with Gasteiger partial charge in [-0.15, -0.1) is 0 Å². The lowest BCUT2D eigenvalue weighted by molar-refractivity contribution is -0.150. The SMILES string of the molecule is CS(=O)(=O)N1C[C@H]2[C@@H](CNC(=O)C3CC(F)(F)C3)CO[C@H]2C1. The molecule has 1 amide bonds. The number of hydrogen-bond acceptors (Lipinski definition) is 4. The number of nitrogens with one attached hydrogen (secondary N) is 1. The van der Waals surface area contributed by atoms with E-state index < -0.39 is 21.9 Å². The van der Waals surface area contributed by atoms with Crippen LogP contribution >= 0.6 is 0 Å². The first kappa shape index (κ1) is 16.1. The van der Waals surface area contributed by atoms with E-state index in [1.54, 1.807) is 0 Å². The van der Waals surface area contributed by atoms with E-state index in [4.69, 9.17) is 4.74 Å². The third-order valence-corrected chi connectivity index (χ3v) is 6.11. The molecular weight excluding hydrogens is 318 g/mol. The van der Waals surface area contributed by atoms with Crippen molar-refractivity contribution in [2.75, 3.05) is 32.5 Å². The molecule has 0 radical (unpaired) electrons. The number of hydrogen-bond donors (Lipinski definition) is 1. The number of amides is 1. The summed E-state index contributed by atoms with van der Waals surface area (Å²) in [6.07, 6.45) is 0.272. The van der Waals surface area contributed by atoms with E-state index in [1.165, 1.54) is 10.6 Å². The summed E-state index contributed by atoms with van der Waals surface area (Å²) < 4.78 is 55.6. The molecule has 2 saturated heterocycles. The Labute approximate surface area is 128 Å². The predicted molar refractivity (Wildman–Crippen MR) is 73.8 cm³/mol. The van der Waals surface area contributed by atoms with Gasteiger partial charge in [0.2, 0.25) is 21.9 Å². The van der Waals surface area contributed by atoms with Gasteiger partial charge < -0.3 is 10.1 Å². The van der Waals surface area contributed by atoms with Crippen LogP contribution in [-0.4, -0.2) is 63.2 Å². The van der Waals surface area contributed by atoms with Crippen LogP contribution in [0.15, 0.2) is 0 Å². The summed E-state index contributed by atoms with van der Waals surface area (Å²) in [7, 11) is -3.24. The number of sulfonamides is 1. The van der Waals surface area contributed by atoms with Gasteiger partial charge in [0.15, 0.2) is 0 Å². The van der Waals surface area contributed by atoms with Crippen LogP contribution < -0.4 is 5.32 Å². The highest BCUT2D eigenvalue weighted by molar-refractivity contribution is 7.88. The highest BCUT2D eigenvalue weighted by Gasteiger charge is 2.49. The van der Waals surface area contributed by atoms with Crippen molar-refractivity contribution in [1.29, 1.82) is 0 Å². The molecule has 0 aromatic rings. The number of rotatable bonds is 4. The van der Waals surface area contributed by atoms with E-state index in [2.05, 4.69) is 5.32 Å². The van der Waals surface area contributed by atoms with Crippen LogP contribution in [0.25, 0.3) is 0 Å². The standard InChI is InChI=1S/C13H20F2N2O4S/c1-22(19,20)17-5-10-9(7-21-11(10)6-17)4-16-12(18)8-2-13(14,15)3-8/h8-11H,2-7H2,1H3,(H,16,18)/t9-,10-,11-/m0/s1. The Kier molecular flexibility index (Phi) is 3.93. The van der Waals surface area contributed by atoms with Crippen LogP contribution in [0.3, 0.4) is 0 Å². The molecule has 1 N–H and O–H groups in total. The van der Waals surface area contributed by atoms with E-state index in [0.29, 0.717) is 26.2 Å². The third kappa shape index (κ3) is 3.11. The molecule has 6 nitrogen and oxygen atoms in total. The molecule has 1 aliphatic carbocycles. The maximum atomic E-state index is 12.8. The van der Waals surface area contributed by atoms with Gasteiger partial charge in [0.05, 0.1) is 19.0 Å². The summed E-state index contributed by atoms with van der Waals surface area (Å²) in [4.78, 5) is 11.8. The quantitative estimate of drug-likeness (QED) is 0.786. The first-order chi connectivity index (χ1) is 10.2. The second-order valence-corrected chi connectivity index (χ2v) is 8.56. The Hall–Kier alpha value is -0.800. The summed E-state index contributed by atoms with van der Waals surface area (Å²) in [5, 5.41) is 2.71. The van der Waals surface area contributed by atoms with Crippen LogP contribution in [0, 0.1) is 17.8 Å². The molecule has 3 rings (SSSR count). The number of fused-ring (bicyclic) bond motifs is 1. The van der Waals surface area contributed by atoms with Crippen molar-refractivity contribution in [3.05, 3.63) is 0 Å². The lowest BCUT2D eigenvalue weighted by Gasteiger charge is -2.34. The van der Waals surface area contributed by atoms with Gasteiger partial charge >= 0.3 is 0 Å². The lowest BCUT2D eigenvalue weighted by atomic mass is 9.80. The molecule has 0 aromatic heterocycles. The first-order valence-corrected chi connectivity index (χ1v) is 9.23. The zero-order chi connectivity index (χ0) is 16.1. The fourth-order valence-electron chi connectivity index (χ4n) is 3.47.